The van der Waals surface area contributed by atoms with Gasteiger partial charge in [0, 0.05) is 12.6 Å². The molecule has 1 N–H and O–H groups in total. The Kier molecular flexibility index (Phi) is 6.28. The van der Waals surface area contributed by atoms with E-state index in [0.717, 1.165) is 49.4 Å². The molecule has 0 bridgehead atoms. The first kappa shape index (κ1) is 17.6. The largest absolute Gasteiger partial charge is 0.493 e. The standard InChI is InChI=1S/C18H27NO4/c1-4-10-23-17-11-14(7-8-16(17)22-3)12-19-9-5-6-15(13(19)2)18(20)21/h7-8,11,13,15H,4-6,9-10,12H2,1-3H3,(H,20,21)/t13-,15-/m0/s1. The van der Waals surface area contributed by atoms with Crippen molar-refractivity contribution in [3.8, 4) is 11.5 Å². The van der Waals surface area contributed by atoms with E-state index in [1.54, 1.807) is 7.11 Å². The molecule has 1 aliphatic heterocycles. The summed E-state index contributed by atoms with van der Waals surface area (Å²) in [6.45, 7) is 6.40. The normalized spacial score (nSPS) is 21.9. The molecule has 1 saturated heterocycles. The van der Waals surface area contributed by atoms with Crippen molar-refractivity contribution < 1.29 is 19.4 Å². The molecule has 5 nitrogen and oxygen atoms in total. The molecule has 0 aliphatic carbocycles. The highest BCUT2D eigenvalue weighted by Crippen LogP contribution is 2.30. The fourth-order valence-electron chi connectivity index (χ4n) is 3.15. The van der Waals surface area contributed by atoms with Gasteiger partial charge < -0.3 is 14.6 Å². The molecule has 1 aromatic carbocycles. The molecule has 23 heavy (non-hydrogen) atoms. The first-order valence-electron chi connectivity index (χ1n) is 8.33. The Morgan fingerprint density at radius 1 is 1.39 bits per heavy atom. The van der Waals surface area contributed by atoms with Crippen LogP contribution in [0.1, 0.15) is 38.7 Å². The predicted octanol–water partition coefficient (Wildman–Crippen LogP) is 3.17. The second-order valence-corrected chi connectivity index (χ2v) is 6.13. The molecule has 0 spiro atoms. The lowest BCUT2D eigenvalue weighted by atomic mass is 9.90. The van der Waals surface area contributed by atoms with Crippen molar-refractivity contribution in [2.45, 2.75) is 45.7 Å². The summed E-state index contributed by atoms with van der Waals surface area (Å²) in [6, 6.07) is 5.99. The van der Waals surface area contributed by atoms with Crippen molar-refractivity contribution in [1.29, 1.82) is 0 Å². The number of carboxylic acid groups (broad SMARTS) is 1. The summed E-state index contributed by atoms with van der Waals surface area (Å²) in [7, 11) is 1.64. The monoisotopic (exact) mass is 321 g/mol. The highest BCUT2D eigenvalue weighted by atomic mass is 16.5. The van der Waals surface area contributed by atoms with Gasteiger partial charge in [-0.05, 0) is 50.4 Å². The Bertz CT molecular complexity index is 532. The second-order valence-electron chi connectivity index (χ2n) is 6.13. The van der Waals surface area contributed by atoms with Gasteiger partial charge in [-0.3, -0.25) is 9.69 Å². The predicted molar refractivity (Wildman–Crippen MR) is 89.0 cm³/mol. The third-order valence-corrected chi connectivity index (χ3v) is 4.51. The molecular formula is C18H27NO4. The van der Waals surface area contributed by atoms with E-state index in [2.05, 4.69) is 11.8 Å². The first-order chi connectivity index (χ1) is 11.1. The molecule has 0 aromatic heterocycles. The quantitative estimate of drug-likeness (QED) is 0.836. The molecule has 1 fully saturated rings. The van der Waals surface area contributed by atoms with E-state index >= 15 is 0 Å². The van der Waals surface area contributed by atoms with Gasteiger partial charge in [-0.15, -0.1) is 0 Å². The Balaban J connectivity index is 2.11. The molecule has 0 radical (unpaired) electrons. The number of ether oxygens (including phenoxy) is 2. The smallest absolute Gasteiger partial charge is 0.308 e. The van der Waals surface area contributed by atoms with E-state index in [0.29, 0.717) is 6.61 Å². The minimum atomic E-state index is -0.691. The van der Waals surface area contributed by atoms with Gasteiger partial charge in [0.2, 0.25) is 0 Å². The van der Waals surface area contributed by atoms with Gasteiger partial charge in [0.1, 0.15) is 0 Å². The maximum Gasteiger partial charge on any atom is 0.308 e. The van der Waals surface area contributed by atoms with Crippen LogP contribution in [0.5, 0.6) is 11.5 Å². The Morgan fingerprint density at radius 2 is 2.17 bits per heavy atom. The molecule has 1 aromatic rings. The number of carbonyl (C=O) groups is 1. The molecule has 0 saturated carbocycles. The number of rotatable bonds is 7. The molecule has 1 heterocycles. The summed E-state index contributed by atoms with van der Waals surface area (Å²) in [6.07, 6.45) is 2.63. The molecule has 0 unspecified atom stereocenters. The van der Waals surface area contributed by atoms with Crippen LogP contribution in [0.15, 0.2) is 18.2 Å². The van der Waals surface area contributed by atoms with Gasteiger partial charge in [-0.1, -0.05) is 13.0 Å². The third-order valence-electron chi connectivity index (χ3n) is 4.51. The Hall–Kier alpha value is -1.75. The van der Waals surface area contributed by atoms with Crippen LogP contribution in [0.25, 0.3) is 0 Å². The van der Waals surface area contributed by atoms with E-state index in [4.69, 9.17) is 9.47 Å². The van der Waals surface area contributed by atoms with Gasteiger partial charge >= 0.3 is 5.97 Å². The number of benzene rings is 1. The summed E-state index contributed by atoms with van der Waals surface area (Å²) < 4.78 is 11.1. The fourth-order valence-corrected chi connectivity index (χ4v) is 3.15. The highest BCUT2D eigenvalue weighted by Gasteiger charge is 2.32. The topological polar surface area (TPSA) is 59.0 Å². The lowest BCUT2D eigenvalue weighted by molar-refractivity contribution is -0.145. The number of likely N-dealkylation sites (tertiary alicyclic amines) is 1. The minimum absolute atomic E-state index is 0.0448. The van der Waals surface area contributed by atoms with Crippen molar-refractivity contribution in [3.63, 3.8) is 0 Å². The van der Waals surface area contributed by atoms with Gasteiger partial charge in [-0.2, -0.15) is 0 Å². The fraction of sp³-hybridized carbons (Fsp3) is 0.611. The zero-order valence-corrected chi connectivity index (χ0v) is 14.2. The van der Waals surface area contributed by atoms with Crippen LogP contribution >= 0.6 is 0 Å². The van der Waals surface area contributed by atoms with Gasteiger partial charge in [0.25, 0.3) is 0 Å². The highest BCUT2D eigenvalue weighted by molar-refractivity contribution is 5.71. The van der Waals surface area contributed by atoms with Gasteiger partial charge in [0.15, 0.2) is 11.5 Å². The third kappa shape index (κ3) is 4.38. The average Bonchev–Trinajstić information content (AvgIpc) is 2.54. The molecule has 128 valence electrons. The SMILES string of the molecule is CCCOc1cc(CN2CCC[C@H](C(=O)O)[C@@H]2C)ccc1OC. The summed E-state index contributed by atoms with van der Waals surface area (Å²) in [5.41, 5.74) is 1.12. The van der Waals surface area contributed by atoms with E-state index in [9.17, 15) is 9.90 Å². The lowest BCUT2D eigenvalue weighted by Crippen LogP contribution is -2.45. The van der Waals surface area contributed by atoms with Crippen molar-refractivity contribution in [2.24, 2.45) is 5.92 Å². The number of hydrogen-bond donors (Lipinski definition) is 1. The summed E-state index contributed by atoms with van der Waals surface area (Å²) in [5.74, 6) is 0.519. The average molecular weight is 321 g/mol. The van der Waals surface area contributed by atoms with Crippen molar-refractivity contribution in [1.82, 2.24) is 4.90 Å². The molecule has 2 rings (SSSR count). The summed E-state index contributed by atoms with van der Waals surface area (Å²) in [5, 5.41) is 9.34. The Morgan fingerprint density at radius 3 is 2.83 bits per heavy atom. The number of carboxylic acids is 1. The number of nitrogens with zero attached hydrogens (tertiary/aromatic N) is 1. The van der Waals surface area contributed by atoms with Crippen LogP contribution in [-0.2, 0) is 11.3 Å². The summed E-state index contributed by atoms with van der Waals surface area (Å²) >= 11 is 0. The number of hydrogen-bond acceptors (Lipinski definition) is 4. The van der Waals surface area contributed by atoms with Crippen LogP contribution in [0.2, 0.25) is 0 Å². The molecule has 5 heteroatoms. The Labute approximate surface area is 138 Å². The number of aliphatic carboxylic acids is 1. The second kappa shape index (κ2) is 8.20. The summed E-state index contributed by atoms with van der Waals surface area (Å²) in [4.78, 5) is 13.6. The van der Waals surface area contributed by atoms with Crippen molar-refractivity contribution in [3.05, 3.63) is 23.8 Å². The maximum absolute atomic E-state index is 11.4. The van der Waals surface area contributed by atoms with Crippen molar-refractivity contribution >= 4 is 5.97 Å². The van der Waals surface area contributed by atoms with Crippen LogP contribution < -0.4 is 9.47 Å². The molecular weight excluding hydrogens is 294 g/mol. The van der Waals surface area contributed by atoms with Gasteiger partial charge in [0.05, 0.1) is 19.6 Å². The van der Waals surface area contributed by atoms with E-state index < -0.39 is 5.97 Å². The molecule has 0 amide bonds. The zero-order valence-electron chi connectivity index (χ0n) is 14.2. The molecule has 2 atom stereocenters. The van der Waals surface area contributed by atoms with Crippen LogP contribution in [0.3, 0.4) is 0 Å². The van der Waals surface area contributed by atoms with E-state index in [-0.39, 0.29) is 12.0 Å². The first-order valence-corrected chi connectivity index (χ1v) is 8.33. The number of methoxy groups -OCH3 is 1. The van der Waals surface area contributed by atoms with E-state index in [1.807, 2.05) is 25.1 Å². The van der Waals surface area contributed by atoms with Crippen LogP contribution in [-0.4, -0.2) is 42.3 Å². The minimum Gasteiger partial charge on any atom is -0.493 e. The maximum atomic E-state index is 11.4. The lowest BCUT2D eigenvalue weighted by Gasteiger charge is -2.37. The van der Waals surface area contributed by atoms with Crippen molar-refractivity contribution in [2.75, 3.05) is 20.3 Å². The number of piperidine rings is 1. The molecule has 1 aliphatic rings. The van der Waals surface area contributed by atoms with Gasteiger partial charge in [-0.25, -0.2) is 0 Å². The van der Waals surface area contributed by atoms with E-state index in [1.165, 1.54) is 0 Å². The van der Waals surface area contributed by atoms with Crippen LogP contribution in [0.4, 0.5) is 0 Å². The zero-order chi connectivity index (χ0) is 16.8. The van der Waals surface area contributed by atoms with Crippen LogP contribution in [0, 0.1) is 5.92 Å².